The number of aliphatic imine (C=N–C) groups is 1. The number of guanidine groups is 1. The van der Waals surface area contributed by atoms with Crippen LogP contribution in [0.5, 0.6) is 0 Å². The van der Waals surface area contributed by atoms with Gasteiger partial charge in [0.15, 0.2) is 5.96 Å². The SMILES string of the molecule is COCCN1C(N)=NCC12CCCC(C(C)C)CC2. The molecule has 0 amide bonds. The highest BCUT2D eigenvalue weighted by atomic mass is 16.5. The Kier molecular flexibility index (Phi) is 4.71. The quantitative estimate of drug-likeness (QED) is 0.850. The van der Waals surface area contributed by atoms with Crippen molar-refractivity contribution in [1.29, 1.82) is 0 Å². The molecule has 0 saturated heterocycles. The van der Waals surface area contributed by atoms with E-state index in [1.165, 1.54) is 32.1 Å². The summed E-state index contributed by atoms with van der Waals surface area (Å²) in [5.41, 5.74) is 6.28. The monoisotopic (exact) mass is 267 g/mol. The second-order valence-electron chi connectivity index (χ2n) is 6.48. The van der Waals surface area contributed by atoms with Gasteiger partial charge in [0, 0.05) is 13.7 Å². The summed E-state index contributed by atoms with van der Waals surface area (Å²) in [6.07, 6.45) is 6.42. The third-order valence-electron chi connectivity index (χ3n) is 5.04. The van der Waals surface area contributed by atoms with Crippen LogP contribution in [0.1, 0.15) is 46.0 Å². The normalized spacial score (nSPS) is 31.9. The van der Waals surface area contributed by atoms with Gasteiger partial charge in [0.2, 0.25) is 0 Å². The van der Waals surface area contributed by atoms with E-state index in [4.69, 9.17) is 10.5 Å². The van der Waals surface area contributed by atoms with Crippen LogP contribution in [0.15, 0.2) is 4.99 Å². The molecule has 1 spiro atoms. The van der Waals surface area contributed by atoms with E-state index in [1.807, 2.05) is 0 Å². The van der Waals surface area contributed by atoms with Gasteiger partial charge in [-0.2, -0.15) is 0 Å². The van der Waals surface area contributed by atoms with Gasteiger partial charge >= 0.3 is 0 Å². The maximum absolute atomic E-state index is 6.09. The Labute approximate surface area is 117 Å². The third kappa shape index (κ3) is 3.04. The smallest absolute Gasteiger partial charge is 0.191 e. The van der Waals surface area contributed by atoms with E-state index >= 15 is 0 Å². The van der Waals surface area contributed by atoms with Crippen molar-refractivity contribution in [2.24, 2.45) is 22.6 Å². The molecule has 0 aromatic rings. The molecule has 0 bridgehead atoms. The molecule has 0 aromatic carbocycles. The van der Waals surface area contributed by atoms with Crippen LogP contribution in [0, 0.1) is 11.8 Å². The number of rotatable bonds is 4. The van der Waals surface area contributed by atoms with Gasteiger partial charge in [-0.1, -0.05) is 26.7 Å². The Morgan fingerprint density at radius 1 is 1.42 bits per heavy atom. The lowest BCUT2D eigenvalue weighted by Crippen LogP contribution is -2.52. The summed E-state index contributed by atoms with van der Waals surface area (Å²) in [6.45, 7) is 7.19. The van der Waals surface area contributed by atoms with Crippen molar-refractivity contribution in [3.63, 3.8) is 0 Å². The molecule has 4 nitrogen and oxygen atoms in total. The third-order valence-corrected chi connectivity index (χ3v) is 5.04. The number of methoxy groups -OCH3 is 1. The number of hydrogen-bond donors (Lipinski definition) is 1. The highest BCUT2D eigenvalue weighted by Gasteiger charge is 2.43. The average Bonchev–Trinajstić information content (AvgIpc) is 2.57. The van der Waals surface area contributed by atoms with Gasteiger partial charge in [-0.3, -0.25) is 4.99 Å². The molecule has 0 radical (unpaired) electrons. The van der Waals surface area contributed by atoms with E-state index < -0.39 is 0 Å². The summed E-state index contributed by atoms with van der Waals surface area (Å²) in [5.74, 6) is 2.38. The fourth-order valence-electron chi connectivity index (χ4n) is 3.69. The van der Waals surface area contributed by atoms with Crippen molar-refractivity contribution in [2.45, 2.75) is 51.5 Å². The second kappa shape index (κ2) is 6.12. The highest BCUT2D eigenvalue weighted by molar-refractivity contribution is 5.81. The molecular weight excluding hydrogens is 238 g/mol. The molecule has 4 heteroatoms. The van der Waals surface area contributed by atoms with E-state index in [0.29, 0.717) is 0 Å². The largest absolute Gasteiger partial charge is 0.383 e. The van der Waals surface area contributed by atoms with Crippen LogP contribution < -0.4 is 5.73 Å². The minimum atomic E-state index is 0.187. The zero-order valence-corrected chi connectivity index (χ0v) is 12.7. The average molecular weight is 267 g/mol. The summed E-state index contributed by atoms with van der Waals surface area (Å²) in [6, 6.07) is 0. The van der Waals surface area contributed by atoms with Gasteiger partial charge in [-0.05, 0) is 31.1 Å². The first-order chi connectivity index (χ1) is 9.09. The summed E-state index contributed by atoms with van der Waals surface area (Å²) in [5, 5.41) is 0. The number of nitrogens with zero attached hydrogens (tertiary/aromatic N) is 2. The molecule has 2 aliphatic rings. The number of ether oxygens (including phenoxy) is 1. The van der Waals surface area contributed by atoms with Crippen LogP contribution in [-0.4, -0.2) is 43.2 Å². The Morgan fingerprint density at radius 2 is 2.21 bits per heavy atom. The lowest BCUT2D eigenvalue weighted by atomic mass is 9.86. The van der Waals surface area contributed by atoms with E-state index in [2.05, 4.69) is 23.7 Å². The first-order valence-corrected chi connectivity index (χ1v) is 7.65. The van der Waals surface area contributed by atoms with E-state index in [-0.39, 0.29) is 5.54 Å². The van der Waals surface area contributed by atoms with E-state index in [1.54, 1.807) is 7.11 Å². The van der Waals surface area contributed by atoms with Gasteiger partial charge in [-0.15, -0.1) is 0 Å². The van der Waals surface area contributed by atoms with Gasteiger partial charge in [0.1, 0.15) is 0 Å². The van der Waals surface area contributed by atoms with Crippen LogP contribution in [0.4, 0.5) is 0 Å². The van der Waals surface area contributed by atoms with Crippen molar-refractivity contribution in [3.8, 4) is 0 Å². The lowest BCUT2D eigenvalue weighted by Gasteiger charge is -2.39. The lowest BCUT2D eigenvalue weighted by molar-refractivity contribution is 0.117. The standard InChI is InChI=1S/C15H29N3O/c1-12(2)13-5-4-7-15(8-6-13)11-17-14(16)18(15)9-10-19-3/h12-13H,4-11H2,1-3H3,(H2,16,17). The molecular formula is C15H29N3O. The molecule has 19 heavy (non-hydrogen) atoms. The first kappa shape index (κ1) is 14.6. The molecule has 1 aliphatic carbocycles. The van der Waals surface area contributed by atoms with Crippen molar-refractivity contribution in [1.82, 2.24) is 4.90 Å². The summed E-state index contributed by atoms with van der Waals surface area (Å²) >= 11 is 0. The summed E-state index contributed by atoms with van der Waals surface area (Å²) < 4.78 is 5.22. The van der Waals surface area contributed by atoms with Gasteiger partial charge in [0.05, 0.1) is 18.7 Å². The van der Waals surface area contributed by atoms with Crippen LogP contribution in [-0.2, 0) is 4.74 Å². The molecule has 1 aliphatic heterocycles. The maximum Gasteiger partial charge on any atom is 0.191 e. The Balaban J connectivity index is 2.05. The molecule has 1 fully saturated rings. The zero-order chi connectivity index (χ0) is 13.9. The van der Waals surface area contributed by atoms with Gasteiger partial charge in [0.25, 0.3) is 0 Å². The molecule has 1 heterocycles. The minimum Gasteiger partial charge on any atom is -0.383 e. The maximum atomic E-state index is 6.09. The number of nitrogens with two attached hydrogens (primary N) is 1. The highest BCUT2D eigenvalue weighted by Crippen LogP contribution is 2.39. The predicted molar refractivity (Wildman–Crippen MR) is 79.2 cm³/mol. The van der Waals surface area contributed by atoms with Crippen LogP contribution in [0.3, 0.4) is 0 Å². The van der Waals surface area contributed by atoms with Crippen LogP contribution >= 0.6 is 0 Å². The van der Waals surface area contributed by atoms with Crippen molar-refractivity contribution in [2.75, 3.05) is 26.8 Å². The van der Waals surface area contributed by atoms with E-state index in [0.717, 1.165) is 37.5 Å². The molecule has 2 N–H and O–H groups in total. The van der Waals surface area contributed by atoms with Gasteiger partial charge < -0.3 is 15.4 Å². The van der Waals surface area contributed by atoms with Crippen LogP contribution in [0.2, 0.25) is 0 Å². The molecule has 2 atom stereocenters. The summed E-state index contributed by atoms with van der Waals surface area (Å²) in [4.78, 5) is 6.84. The van der Waals surface area contributed by atoms with Crippen molar-refractivity contribution >= 4 is 5.96 Å². The molecule has 1 saturated carbocycles. The molecule has 110 valence electrons. The van der Waals surface area contributed by atoms with Crippen molar-refractivity contribution in [3.05, 3.63) is 0 Å². The second-order valence-corrected chi connectivity index (χ2v) is 6.48. The fourth-order valence-corrected chi connectivity index (χ4v) is 3.69. The topological polar surface area (TPSA) is 50.9 Å². The van der Waals surface area contributed by atoms with E-state index in [9.17, 15) is 0 Å². The number of hydrogen-bond acceptors (Lipinski definition) is 4. The van der Waals surface area contributed by atoms with Crippen LogP contribution in [0.25, 0.3) is 0 Å². The molecule has 2 unspecified atom stereocenters. The zero-order valence-electron chi connectivity index (χ0n) is 12.7. The Hall–Kier alpha value is -0.770. The Bertz CT molecular complexity index is 329. The minimum absolute atomic E-state index is 0.187. The predicted octanol–water partition coefficient (Wildman–Crippen LogP) is 2.24. The molecule has 0 aromatic heterocycles. The fraction of sp³-hybridized carbons (Fsp3) is 0.933. The van der Waals surface area contributed by atoms with Gasteiger partial charge in [-0.25, -0.2) is 0 Å². The van der Waals surface area contributed by atoms with Crippen molar-refractivity contribution < 1.29 is 4.74 Å². The first-order valence-electron chi connectivity index (χ1n) is 7.65. The summed E-state index contributed by atoms with van der Waals surface area (Å²) in [7, 11) is 1.75. The molecule has 2 rings (SSSR count). The Morgan fingerprint density at radius 3 is 2.89 bits per heavy atom.